The van der Waals surface area contributed by atoms with Crippen molar-refractivity contribution in [3.05, 3.63) is 41.5 Å². The molecule has 0 fully saturated rings. The molecule has 0 saturated carbocycles. The number of methoxy groups -OCH3 is 3. The second-order valence-corrected chi connectivity index (χ2v) is 5.13. The molecule has 0 heterocycles. The number of phenolic OH excluding ortho intramolecular Hbond substituents is 1. The molecule has 0 saturated heterocycles. The number of benzene rings is 2. The largest absolute Gasteiger partial charge is 0.504 e. The summed E-state index contributed by atoms with van der Waals surface area (Å²) in [6.45, 7) is 1.57. The van der Waals surface area contributed by atoms with E-state index < -0.39 is 12.1 Å². The van der Waals surface area contributed by atoms with Crippen LogP contribution < -0.4 is 9.47 Å². The zero-order valence-electron chi connectivity index (χ0n) is 14.0. The molecule has 0 bridgehead atoms. The topological polar surface area (TPSA) is 85.2 Å². The molecule has 6 nitrogen and oxygen atoms in total. The molecule has 0 aromatic heterocycles. The molecule has 6 heteroatoms. The summed E-state index contributed by atoms with van der Waals surface area (Å²) in [6.07, 6.45) is -0.882. The average molecular weight is 332 g/mol. The van der Waals surface area contributed by atoms with Gasteiger partial charge in [-0.2, -0.15) is 0 Å². The molecular weight excluding hydrogens is 312 g/mol. The van der Waals surface area contributed by atoms with E-state index in [1.807, 2.05) is 0 Å². The van der Waals surface area contributed by atoms with Gasteiger partial charge < -0.3 is 24.4 Å². The Morgan fingerprint density at radius 2 is 1.67 bits per heavy atom. The molecule has 0 aliphatic carbocycles. The maximum Gasteiger partial charge on any atom is 0.338 e. The standard InChI is InChI=1S/C18H20O6/c1-10(19)11-8-9-14(23-3)17(20)16(11)15-12(18(21)24-4)6-5-7-13(15)22-2/h5-10,19-20H,1-4H3/t10-/m1/s1. The van der Waals surface area contributed by atoms with Crippen LogP contribution in [0.15, 0.2) is 30.3 Å². The Bertz CT molecular complexity index is 751. The van der Waals surface area contributed by atoms with Gasteiger partial charge in [0, 0.05) is 11.1 Å². The highest BCUT2D eigenvalue weighted by Crippen LogP contribution is 2.46. The van der Waals surface area contributed by atoms with Crippen molar-refractivity contribution in [3.8, 4) is 28.4 Å². The highest BCUT2D eigenvalue weighted by atomic mass is 16.5. The van der Waals surface area contributed by atoms with Crippen molar-refractivity contribution in [2.24, 2.45) is 0 Å². The predicted molar refractivity (Wildman–Crippen MR) is 88.6 cm³/mol. The fourth-order valence-corrected chi connectivity index (χ4v) is 2.60. The number of aliphatic hydroxyl groups is 1. The molecule has 0 amide bonds. The number of aliphatic hydroxyl groups excluding tert-OH is 1. The molecule has 24 heavy (non-hydrogen) atoms. The van der Waals surface area contributed by atoms with Crippen molar-refractivity contribution in [1.82, 2.24) is 0 Å². The molecule has 0 radical (unpaired) electrons. The minimum absolute atomic E-state index is 0.189. The third kappa shape index (κ3) is 3.00. The Labute approximate surface area is 140 Å². The normalized spacial score (nSPS) is 11.7. The van der Waals surface area contributed by atoms with Crippen LogP contribution >= 0.6 is 0 Å². The maximum absolute atomic E-state index is 12.2. The Morgan fingerprint density at radius 3 is 2.21 bits per heavy atom. The first-order chi connectivity index (χ1) is 11.5. The van der Waals surface area contributed by atoms with Crippen LogP contribution in [-0.2, 0) is 4.74 Å². The van der Waals surface area contributed by atoms with Crippen molar-refractivity contribution >= 4 is 5.97 Å². The fraction of sp³-hybridized carbons (Fsp3) is 0.278. The third-order valence-corrected chi connectivity index (χ3v) is 3.74. The van der Waals surface area contributed by atoms with Gasteiger partial charge in [0.2, 0.25) is 0 Å². The summed E-state index contributed by atoms with van der Waals surface area (Å²) in [5, 5.41) is 20.7. The van der Waals surface area contributed by atoms with Crippen LogP contribution in [-0.4, -0.2) is 37.5 Å². The van der Waals surface area contributed by atoms with Crippen LogP contribution in [0.4, 0.5) is 0 Å². The number of carbonyl (C=O) groups is 1. The molecule has 128 valence electrons. The second-order valence-electron chi connectivity index (χ2n) is 5.13. The van der Waals surface area contributed by atoms with E-state index in [-0.39, 0.29) is 22.6 Å². The molecule has 0 aliphatic rings. The lowest BCUT2D eigenvalue weighted by Gasteiger charge is -2.20. The van der Waals surface area contributed by atoms with E-state index in [1.165, 1.54) is 21.3 Å². The predicted octanol–water partition coefficient (Wildman–Crippen LogP) is 2.92. The van der Waals surface area contributed by atoms with E-state index in [9.17, 15) is 15.0 Å². The van der Waals surface area contributed by atoms with Crippen LogP contribution in [0.5, 0.6) is 17.2 Å². The van der Waals surface area contributed by atoms with E-state index >= 15 is 0 Å². The maximum atomic E-state index is 12.2. The van der Waals surface area contributed by atoms with Gasteiger partial charge in [0.15, 0.2) is 11.5 Å². The summed E-state index contributed by atoms with van der Waals surface area (Å²) in [7, 11) is 4.15. The van der Waals surface area contributed by atoms with Crippen molar-refractivity contribution in [3.63, 3.8) is 0 Å². The Hall–Kier alpha value is -2.73. The molecule has 2 aromatic rings. The minimum Gasteiger partial charge on any atom is -0.504 e. The summed E-state index contributed by atoms with van der Waals surface area (Å²) in [5.41, 5.74) is 1.24. The summed E-state index contributed by atoms with van der Waals surface area (Å²) in [6, 6.07) is 8.05. The van der Waals surface area contributed by atoms with Gasteiger partial charge in [0.25, 0.3) is 0 Å². The van der Waals surface area contributed by atoms with Crippen molar-refractivity contribution < 1.29 is 29.2 Å². The summed E-state index contributed by atoms with van der Waals surface area (Å²) in [5.74, 6) is -0.187. The number of carbonyl (C=O) groups excluding carboxylic acids is 1. The van der Waals surface area contributed by atoms with Crippen molar-refractivity contribution in [2.75, 3.05) is 21.3 Å². The average Bonchev–Trinajstić information content (AvgIpc) is 2.59. The summed E-state index contributed by atoms with van der Waals surface area (Å²) in [4.78, 5) is 12.2. The first kappa shape index (κ1) is 17.6. The third-order valence-electron chi connectivity index (χ3n) is 3.74. The number of aromatic hydroxyl groups is 1. The molecule has 0 aliphatic heterocycles. The quantitative estimate of drug-likeness (QED) is 0.819. The van der Waals surface area contributed by atoms with E-state index in [4.69, 9.17) is 14.2 Å². The van der Waals surface area contributed by atoms with Gasteiger partial charge in [0.05, 0.1) is 33.0 Å². The fourth-order valence-electron chi connectivity index (χ4n) is 2.60. The highest BCUT2D eigenvalue weighted by Gasteiger charge is 2.26. The zero-order chi connectivity index (χ0) is 17.9. The molecule has 2 aromatic carbocycles. The van der Waals surface area contributed by atoms with Gasteiger partial charge in [-0.05, 0) is 30.7 Å². The molecule has 2 rings (SSSR count). The smallest absolute Gasteiger partial charge is 0.338 e. The van der Waals surface area contributed by atoms with E-state index in [1.54, 1.807) is 37.3 Å². The van der Waals surface area contributed by atoms with Gasteiger partial charge in [-0.15, -0.1) is 0 Å². The number of ether oxygens (including phenoxy) is 3. The molecule has 0 unspecified atom stereocenters. The molecule has 0 spiro atoms. The number of rotatable bonds is 5. The lowest BCUT2D eigenvalue weighted by atomic mass is 9.91. The first-order valence-electron chi connectivity index (χ1n) is 7.29. The van der Waals surface area contributed by atoms with Crippen LogP contribution in [0.1, 0.15) is 28.9 Å². The number of hydrogen-bond donors (Lipinski definition) is 2. The summed E-state index contributed by atoms with van der Waals surface area (Å²) < 4.78 is 15.3. The van der Waals surface area contributed by atoms with Gasteiger partial charge in [-0.25, -0.2) is 4.79 Å². The van der Waals surface area contributed by atoms with Crippen LogP contribution in [0, 0.1) is 0 Å². The monoisotopic (exact) mass is 332 g/mol. The van der Waals surface area contributed by atoms with Crippen molar-refractivity contribution in [2.45, 2.75) is 13.0 Å². The highest BCUT2D eigenvalue weighted by molar-refractivity contribution is 6.01. The first-order valence-corrected chi connectivity index (χ1v) is 7.29. The van der Waals surface area contributed by atoms with Gasteiger partial charge in [-0.1, -0.05) is 12.1 Å². The number of hydrogen-bond acceptors (Lipinski definition) is 6. The van der Waals surface area contributed by atoms with Crippen LogP contribution in [0.3, 0.4) is 0 Å². The summed E-state index contributed by atoms with van der Waals surface area (Å²) >= 11 is 0. The number of esters is 1. The second kappa shape index (κ2) is 7.23. The Kier molecular flexibility index (Phi) is 5.31. The SMILES string of the molecule is COC(=O)c1cccc(OC)c1-c1c([C@@H](C)O)ccc(OC)c1O. The van der Waals surface area contributed by atoms with E-state index in [0.717, 1.165) is 0 Å². The molecule has 2 N–H and O–H groups in total. The van der Waals surface area contributed by atoms with E-state index in [0.29, 0.717) is 16.9 Å². The Morgan fingerprint density at radius 1 is 1.00 bits per heavy atom. The lowest BCUT2D eigenvalue weighted by Crippen LogP contribution is -2.07. The van der Waals surface area contributed by atoms with Gasteiger partial charge >= 0.3 is 5.97 Å². The number of phenols is 1. The zero-order valence-corrected chi connectivity index (χ0v) is 14.0. The van der Waals surface area contributed by atoms with E-state index in [2.05, 4.69) is 0 Å². The molecule has 1 atom stereocenters. The lowest BCUT2D eigenvalue weighted by molar-refractivity contribution is 0.0601. The van der Waals surface area contributed by atoms with Gasteiger partial charge in [0.1, 0.15) is 5.75 Å². The van der Waals surface area contributed by atoms with Crippen LogP contribution in [0.2, 0.25) is 0 Å². The Balaban J connectivity index is 2.92. The van der Waals surface area contributed by atoms with Crippen molar-refractivity contribution in [1.29, 1.82) is 0 Å². The minimum atomic E-state index is -0.882. The van der Waals surface area contributed by atoms with Gasteiger partial charge in [-0.3, -0.25) is 0 Å². The van der Waals surface area contributed by atoms with Crippen LogP contribution in [0.25, 0.3) is 11.1 Å². The molecular formula is C18H20O6.